The molecule has 0 heterocycles. The first-order valence-electron chi connectivity index (χ1n) is 8.87. The van der Waals surface area contributed by atoms with Crippen molar-refractivity contribution in [1.29, 1.82) is 0 Å². The van der Waals surface area contributed by atoms with Crippen LogP contribution < -0.4 is 0 Å². The lowest BCUT2D eigenvalue weighted by molar-refractivity contribution is 0.629. The normalized spacial score (nSPS) is 25.3. The van der Waals surface area contributed by atoms with Crippen molar-refractivity contribution < 1.29 is 0 Å². The maximum Gasteiger partial charge on any atom is -0.0174 e. The fourth-order valence-electron chi connectivity index (χ4n) is 4.47. The summed E-state index contributed by atoms with van der Waals surface area (Å²) in [6.07, 6.45) is 18.3. The Morgan fingerprint density at radius 1 is 0.579 bits per heavy atom. The summed E-state index contributed by atoms with van der Waals surface area (Å²) in [7, 11) is 0.228. The number of hydrogen-bond donors (Lipinski definition) is 0. The highest BCUT2D eigenvalue weighted by molar-refractivity contribution is 7.60. The monoisotopic (exact) mass is 282 g/mol. The molecule has 0 aliphatic heterocycles. The molecular formula is C18H35P. The van der Waals surface area contributed by atoms with E-state index < -0.39 is 0 Å². The van der Waals surface area contributed by atoms with Gasteiger partial charge in [-0.1, -0.05) is 80.1 Å². The van der Waals surface area contributed by atoms with Crippen LogP contribution in [-0.2, 0) is 0 Å². The zero-order valence-corrected chi connectivity index (χ0v) is 14.5. The lowest BCUT2D eigenvalue weighted by atomic mass is 10.2. The van der Waals surface area contributed by atoms with Crippen molar-refractivity contribution in [1.82, 2.24) is 0 Å². The van der Waals surface area contributed by atoms with Crippen LogP contribution in [0.3, 0.4) is 0 Å². The zero-order chi connectivity index (χ0) is 13.7. The topological polar surface area (TPSA) is 0 Å². The van der Waals surface area contributed by atoms with Gasteiger partial charge < -0.3 is 0 Å². The van der Waals surface area contributed by atoms with Crippen molar-refractivity contribution in [3.63, 3.8) is 0 Å². The molecule has 0 atom stereocenters. The molecule has 0 aromatic heterocycles. The third kappa shape index (κ3) is 4.73. The maximum absolute atomic E-state index is 2.55. The molecule has 0 spiro atoms. The lowest BCUT2D eigenvalue weighted by Gasteiger charge is -2.43. The molecule has 112 valence electrons. The molecule has 0 unspecified atom stereocenters. The highest BCUT2D eigenvalue weighted by atomic mass is 31.1. The quantitative estimate of drug-likeness (QED) is 0.390. The van der Waals surface area contributed by atoms with Crippen molar-refractivity contribution >= 4 is 7.92 Å². The van der Waals surface area contributed by atoms with Gasteiger partial charge in [0.05, 0.1) is 0 Å². The fourth-order valence-corrected chi connectivity index (χ4v) is 9.10. The van der Waals surface area contributed by atoms with E-state index in [0.29, 0.717) is 5.16 Å². The Kier molecular flexibility index (Phi) is 6.19. The van der Waals surface area contributed by atoms with Crippen LogP contribution in [0.1, 0.15) is 97.8 Å². The number of hydrogen-bond acceptors (Lipinski definition) is 0. The van der Waals surface area contributed by atoms with Crippen LogP contribution in [0.15, 0.2) is 0 Å². The Bertz CT molecular complexity index is 217. The van der Waals surface area contributed by atoms with Gasteiger partial charge in [0, 0.05) is 0 Å². The summed E-state index contributed by atoms with van der Waals surface area (Å²) in [6, 6.07) is 0. The van der Waals surface area contributed by atoms with Crippen LogP contribution in [0.2, 0.25) is 0 Å². The van der Waals surface area contributed by atoms with Crippen molar-refractivity contribution in [3.05, 3.63) is 0 Å². The van der Waals surface area contributed by atoms with Gasteiger partial charge in [-0.25, -0.2) is 0 Å². The summed E-state index contributed by atoms with van der Waals surface area (Å²) in [5, 5.41) is 0.583. The lowest BCUT2D eigenvalue weighted by Crippen LogP contribution is -2.27. The van der Waals surface area contributed by atoms with Crippen LogP contribution in [0, 0.1) is 0 Å². The third-order valence-electron chi connectivity index (χ3n) is 5.21. The van der Waals surface area contributed by atoms with E-state index in [9.17, 15) is 0 Å². The SMILES string of the molecule is CC(C)(C)P(C1CCCCCC1)C1CCCCCC1. The van der Waals surface area contributed by atoms with Gasteiger partial charge in [0.1, 0.15) is 0 Å². The summed E-state index contributed by atoms with van der Waals surface area (Å²) >= 11 is 0. The molecule has 0 aromatic carbocycles. The number of rotatable bonds is 2. The standard InChI is InChI=1S/C18H35P/c1-18(2,3)19(16-12-8-4-5-9-13-16)17-14-10-6-7-11-15-17/h16-17H,4-15H2,1-3H3. The van der Waals surface area contributed by atoms with Gasteiger partial charge in [-0.3, -0.25) is 0 Å². The van der Waals surface area contributed by atoms with E-state index in [0.717, 1.165) is 11.3 Å². The summed E-state index contributed by atoms with van der Waals surface area (Å²) in [5.74, 6) is 0. The molecule has 1 heteroatoms. The minimum Gasteiger partial charge on any atom is -0.0948 e. The maximum atomic E-state index is 2.55. The van der Waals surface area contributed by atoms with Gasteiger partial charge in [-0.2, -0.15) is 0 Å². The average molecular weight is 282 g/mol. The average Bonchev–Trinajstić information content (AvgIpc) is 2.72. The molecule has 0 aromatic rings. The largest absolute Gasteiger partial charge is 0.0948 e. The van der Waals surface area contributed by atoms with Crippen molar-refractivity contribution in [3.8, 4) is 0 Å². The van der Waals surface area contributed by atoms with E-state index in [4.69, 9.17) is 0 Å². The van der Waals surface area contributed by atoms with Gasteiger partial charge >= 0.3 is 0 Å². The minimum absolute atomic E-state index is 0.228. The van der Waals surface area contributed by atoms with E-state index in [2.05, 4.69) is 20.8 Å². The molecular weight excluding hydrogens is 247 g/mol. The molecule has 2 aliphatic carbocycles. The molecule has 19 heavy (non-hydrogen) atoms. The van der Waals surface area contributed by atoms with Gasteiger partial charge in [0.2, 0.25) is 0 Å². The van der Waals surface area contributed by atoms with Crippen LogP contribution in [-0.4, -0.2) is 16.5 Å². The van der Waals surface area contributed by atoms with Gasteiger partial charge in [0.15, 0.2) is 0 Å². The second kappa shape index (κ2) is 7.44. The second-order valence-corrected chi connectivity index (χ2v) is 11.5. The van der Waals surface area contributed by atoms with Gasteiger partial charge in [-0.05, 0) is 42.2 Å². The Hall–Kier alpha value is 0.430. The Morgan fingerprint density at radius 3 is 1.16 bits per heavy atom. The summed E-state index contributed by atoms with van der Waals surface area (Å²) in [5.41, 5.74) is 2.20. The first kappa shape index (κ1) is 15.8. The Morgan fingerprint density at radius 2 is 0.895 bits per heavy atom. The minimum atomic E-state index is 0.228. The Labute approximate surface area is 122 Å². The van der Waals surface area contributed by atoms with E-state index in [1.807, 2.05) is 0 Å². The van der Waals surface area contributed by atoms with E-state index in [1.165, 1.54) is 51.4 Å². The Balaban J connectivity index is 2.09. The predicted octanol–water partition coefficient (Wildman–Crippen LogP) is 6.71. The summed E-state index contributed by atoms with van der Waals surface area (Å²) < 4.78 is 0. The van der Waals surface area contributed by atoms with E-state index in [1.54, 1.807) is 25.7 Å². The first-order valence-corrected chi connectivity index (χ1v) is 10.4. The molecule has 2 saturated carbocycles. The molecule has 2 rings (SSSR count). The van der Waals surface area contributed by atoms with Crippen molar-refractivity contribution in [2.24, 2.45) is 0 Å². The zero-order valence-electron chi connectivity index (χ0n) is 13.6. The van der Waals surface area contributed by atoms with E-state index >= 15 is 0 Å². The van der Waals surface area contributed by atoms with Crippen LogP contribution in [0.25, 0.3) is 0 Å². The van der Waals surface area contributed by atoms with Gasteiger partial charge in [0.25, 0.3) is 0 Å². The molecule has 0 bridgehead atoms. The molecule has 0 radical (unpaired) electrons. The highest BCUT2D eigenvalue weighted by Crippen LogP contribution is 2.62. The fraction of sp³-hybridized carbons (Fsp3) is 1.00. The molecule has 0 nitrogen and oxygen atoms in total. The van der Waals surface area contributed by atoms with Crippen molar-refractivity contribution in [2.75, 3.05) is 0 Å². The van der Waals surface area contributed by atoms with Crippen LogP contribution in [0.5, 0.6) is 0 Å². The highest BCUT2D eigenvalue weighted by Gasteiger charge is 2.37. The first-order chi connectivity index (χ1) is 9.09. The predicted molar refractivity (Wildman–Crippen MR) is 89.7 cm³/mol. The molecule has 2 aliphatic rings. The molecule has 0 saturated heterocycles. The summed E-state index contributed by atoms with van der Waals surface area (Å²) in [6.45, 7) is 7.65. The molecule has 0 N–H and O–H groups in total. The van der Waals surface area contributed by atoms with E-state index in [-0.39, 0.29) is 7.92 Å². The van der Waals surface area contributed by atoms with Crippen LogP contribution in [0.4, 0.5) is 0 Å². The second-order valence-electron chi connectivity index (χ2n) is 7.87. The molecule has 0 amide bonds. The van der Waals surface area contributed by atoms with Gasteiger partial charge in [-0.15, -0.1) is 0 Å². The third-order valence-corrected chi connectivity index (χ3v) is 9.37. The molecule has 2 fully saturated rings. The van der Waals surface area contributed by atoms with Crippen LogP contribution >= 0.6 is 7.92 Å². The summed E-state index contributed by atoms with van der Waals surface area (Å²) in [4.78, 5) is 0. The van der Waals surface area contributed by atoms with Crippen molar-refractivity contribution in [2.45, 2.75) is 114 Å². The smallest absolute Gasteiger partial charge is 0.0174 e.